The fourth-order valence-electron chi connectivity index (χ4n) is 4.83. The van der Waals surface area contributed by atoms with E-state index >= 15 is 0 Å². The molecule has 34 heavy (non-hydrogen) atoms. The number of anilines is 1. The van der Waals surface area contributed by atoms with Crippen molar-refractivity contribution in [2.24, 2.45) is 5.41 Å². The van der Waals surface area contributed by atoms with E-state index in [0.717, 1.165) is 46.7 Å². The molecule has 0 radical (unpaired) electrons. The van der Waals surface area contributed by atoms with Gasteiger partial charge in [0.1, 0.15) is 5.82 Å². The molecule has 3 heterocycles. The number of nitrogens with zero attached hydrogens (tertiary/aromatic N) is 1. The van der Waals surface area contributed by atoms with Crippen molar-refractivity contribution in [3.8, 4) is 0 Å². The van der Waals surface area contributed by atoms with Crippen LogP contribution in [0.25, 0.3) is 0 Å². The molecule has 2 aliphatic rings. The molecule has 7 heteroatoms. The van der Waals surface area contributed by atoms with Crippen molar-refractivity contribution in [1.29, 1.82) is 0 Å². The van der Waals surface area contributed by atoms with Gasteiger partial charge in [-0.05, 0) is 61.1 Å². The maximum Gasteiger partial charge on any atom is 0.255 e. The molecule has 2 aromatic heterocycles. The van der Waals surface area contributed by atoms with Gasteiger partial charge in [0.25, 0.3) is 5.91 Å². The van der Waals surface area contributed by atoms with Gasteiger partial charge in [-0.15, -0.1) is 23.1 Å². The van der Waals surface area contributed by atoms with E-state index < -0.39 is 0 Å². The van der Waals surface area contributed by atoms with Crippen LogP contribution >= 0.6 is 23.1 Å². The first-order chi connectivity index (χ1) is 16.1. The summed E-state index contributed by atoms with van der Waals surface area (Å²) in [6, 6.07) is 5.95. The lowest BCUT2D eigenvalue weighted by molar-refractivity contribution is -0.118. The number of aromatic nitrogens is 1. The second-order valence-corrected chi connectivity index (χ2v) is 12.5. The number of hydrogen-bond acceptors (Lipinski definition) is 6. The van der Waals surface area contributed by atoms with E-state index in [9.17, 15) is 9.59 Å². The van der Waals surface area contributed by atoms with Crippen LogP contribution in [0.2, 0.25) is 0 Å². The number of amides is 1. The highest BCUT2D eigenvalue weighted by Crippen LogP contribution is 2.50. The van der Waals surface area contributed by atoms with E-state index in [-0.39, 0.29) is 23.0 Å². The molecule has 5 nitrogen and oxygen atoms in total. The van der Waals surface area contributed by atoms with Gasteiger partial charge in [0.05, 0.1) is 4.21 Å². The number of dihydropyridines is 1. The summed E-state index contributed by atoms with van der Waals surface area (Å²) < 4.78 is 1.20. The standard InChI is InChI=1S/C27H33N3O2S2/c1-7-17-11-18(26(34-17)33-8-2)23-22(25(32)30-21-10-9-15(3)14-28-21)16(4)29-19-12-27(5,6)13-20(31)24(19)23/h9-11,14,23,29H,7-8,12-13H2,1-6H3,(H,28,30,32). The Morgan fingerprint density at radius 1 is 1.26 bits per heavy atom. The quantitative estimate of drug-likeness (QED) is 0.456. The van der Waals surface area contributed by atoms with Crippen molar-refractivity contribution in [2.45, 2.75) is 70.9 Å². The van der Waals surface area contributed by atoms with Gasteiger partial charge in [0, 0.05) is 46.0 Å². The summed E-state index contributed by atoms with van der Waals surface area (Å²) in [5, 5.41) is 6.44. The van der Waals surface area contributed by atoms with E-state index in [4.69, 9.17) is 0 Å². The van der Waals surface area contributed by atoms with E-state index in [0.29, 0.717) is 17.8 Å². The minimum Gasteiger partial charge on any atom is -0.362 e. The number of pyridine rings is 1. The molecule has 1 aliphatic heterocycles. The summed E-state index contributed by atoms with van der Waals surface area (Å²) in [5.41, 5.74) is 5.13. The van der Waals surface area contributed by atoms with Crippen LogP contribution in [0.5, 0.6) is 0 Å². The number of thioether (sulfide) groups is 1. The molecule has 1 amide bonds. The van der Waals surface area contributed by atoms with E-state index in [2.05, 4.69) is 49.4 Å². The van der Waals surface area contributed by atoms with Gasteiger partial charge in [-0.1, -0.05) is 33.8 Å². The topological polar surface area (TPSA) is 71.1 Å². The normalized spacial score (nSPS) is 19.7. The Balaban J connectivity index is 1.85. The predicted octanol–water partition coefficient (Wildman–Crippen LogP) is 6.37. The highest BCUT2D eigenvalue weighted by molar-refractivity contribution is 8.01. The van der Waals surface area contributed by atoms with Crippen molar-refractivity contribution >= 4 is 40.6 Å². The Bertz CT molecular complexity index is 1190. The Morgan fingerprint density at radius 3 is 2.68 bits per heavy atom. The molecular weight excluding hydrogens is 462 g/mol. The molecule has 0 bridgehead atoms. The third-order valence-electron chi connectivity index (χ3n) is 6.35. The predicted molar refractivity (Wildman–Crippen MR) is 141 cm³/mol. The van der Waals surface area contributed by atoms with Crippen molar-refractivity contribution in [3.63, 3.8) is 0 Å². The average molecular weight is 496 g/mol. The minimum absolute atomic E-state index is 0.108. The van der Waals surface area contributed by atoms with Crippen molar-refractivity contribution < 1.29 is 9.59 Å². The SMILES string of the molecule is CCSc1sc(CC)cc1C1C(C(=O)Nc2ccc(C)cn2)=C(C)NC2=C1C(=O)CC(C)(C)C2. The molecule has 2 N–H and O–H groups in total. The molecule has 1 atom stereocenters. The molecule has 0 saturated heterocycles. The first-order valence-electron chi connectivity index (χ1n) is 11.9. The number of rotatable bonds is 6. The highest BCUT2D eigenvalue weighted by Gasteiger charge is 2.43. The lowest BCUT2D eigenvalue weighted by Crippen LogP contribution is -2.39. The monoisotopic (exact) mass is 495 g/mol. The van der Waals surface area contributed by atoms with E-state index in [1.165, 1.54) is 9.09 Å². The number of hydrogen-bond donors (Lipinski definition) is 2. The van der Waals surface area contributed by atoms with Crippen LogP contribution in [0, 0.1) is 12.3 Å². The average Bonchev–Trinajstić information content (AvgIpc) is 3.16. The number of carbonyl (C=O) groups is 2. The Kier molecular flexibility index (Phi) is 7.06. The second kappa shape index (κ2) is 9.70. The summed E-state index contributed by atoms with van der Waals surface area (Å²) in [4.78, 5) is 32.9. The zero-order valence-electron chi connectivity index (χ0n) is 20.8. The number of thiophene rings is 1. The molecule has 0 saturated carbocycles. The molecule has 1 aliphatic carbocycles. The molecule has 0 spiro atoms. The van der Waals surface area contributed by atoms with E-state index in [1.807, 2.05) is 26.0 Å². The van der Waals surface area contributed by atoms with Crippen LogP contribution in [-0.2, 0) is 16.0 Å². The number of ketones is 1. The maximum absolute atomic E-state index is 13.7. The number of aryl methyl sites for hydroxylation is 2. The first-order valence-corrected chi connectivity index (χ1v) is 13.7. The van der Waals surface area contributed by atoms with Crippen LogP contribution in [-0.4, -0.2) is 22.4 Å². The third-order valence-corrected chi connectivity index (χ3v) is 8.83. The largest absolute Gasteiger partial charge is 0.362 e. The van der Waals surface area contributed by atoms with Crippen molar-refractivity contribution in [1.82, 2.24) is 10.3 Å². The molecule has 2 aromatic rings. The Morgan fingerprint density at radius 2 is 2.03 bits per heavy atom. The van der Waals surface area contributed by atoms with Gasteiger partial charge in [-0.25, -0.2) is 4.98 Å². The fraction of sp³-hybridized carbons (Fsp3) is 0.444. The summed E-state index contributed by atoms with van der Waals surface area (Å²) in [7, 11) is 0. The van der Waals surface area contributed by atoms with Crippen molar-refractivity contribution in [3.05, 3.63) is 62.9 Å². The summed E-state index contributed by atoms with van der Waals surface area (Å²) in [5.74, 6) is 0.981. The number of Topliss-reactive ketones (excluding diaryl/α,β-unsaturated/α-hetero) is 1. The van der Waals surface area contributed by atoms with Gasteiger partial charge in [-0.3, -0.25) is 9.59 Å². The molecular formula is C27H33N3O2S2. The van der Waals surface area contributed by atoms with Gasteiger partial charge < -0.3 is 10.6 Å². The highest BCUT2D eigenvalue weighted by atomic mass is 32.2. The van der Waals surface area contributed by atoms with Crippen LogP contribution < -0.4 is 10.6 Å². The Labute approximate surface area is 210 Å². The zero-order chi connectivity index (χ0) is 24.6. The number of nitrogens with one attached hydrogen (secondary N) is 2. The van der Waals surface area contributed by atoms with Gasteiger partial charge >= 0.3 is 0 Å². The summed E-state index contributed by atoms with van der Waals surface area (Å²) >= 11 is 3.57. The number of allylic oxidation sites excluding steroid dienone is 3. The molecule has 1 unspecified atom stereocenters. The molecule has 0 aromatic carbocycles. The molecule has 0 fully saturated rings. The first kappa shape index (κ1) is 24.7. The summed E-state index contributed by atoms with van der Waals surface area (Å²) in [6.07, 6.45) is 3.94. The van der Waals surface area contributed by atoms with Gasteiger partial charge in [0.15, 0.2) is 5.78 Å². The minimum atomic E-state index is -0.379. The van der Waals surface area contributed by atoms with Crippen LogP contribution in [0.15, 0.2) is 51.1 Å². The maximum atomic E-state index is 13.7. The lowest BCUT2D eigenvalue weighted by Gasteiger charge is -2.39. The summed E-state index contributed by atoms with van der Waals surface area (Å²) in [6.45, 7) is 12.5. The third kappa shape index (κ3) is 4.86. The van der Waals surface area contributed by atoms with Gasteiger partial charge in [0.2, 0.25) is 0 Å². The second-order valence-electron chi connectivity index (χ2n) is 9.85. The van der Waals surface area contributed by atoms with Crippen LogP contribution in [0.3, 0.4) is 0 Å². The number of carbonyl (C=O) groups excluding carboxylic acids is 2. The fourth-order valence-corrected chi connectivity index (χ4v) is 7.21. The van der Waals surface area contributed by atoms with Crippen LogP contribution in [0.4, 0.5) is 5.82 Å². The van der Waals surface area contributed by atoms with E-state index in [1.54, 1.807) is 29.3 Å². The smallest absolute Gasteiger partial charge is 0.255 e. The van der Waals surface area contributed by atoms with Crippen LogP contribution in [0.1, 0.15) is 69.4 Å². The molecule has 4 rings (SSSR count). The zero-order valence-corrected chi connectivity index (χ0v) is 22.4. The Hall–Kier alpha value is -2.38. The van der Waals surface area contributed by atoms with Gasteiger partial charge in [-0.2, -0.15) is 0 Å². The lowest BCUT2D eigenvalue weighted by atomic mass is 9.69. The molecule has 180 valence electrons. The van der Waals surface area contributed by atoms with Crippen molar-refractivity contribution in [2.75, 3.05) is 11.1 Å².